The number of fused-ring (bicyclic) bond motifs is 1. The molecule has 8 heteroatoms. The topological polar surface area (TPSA) is 33.7 Å². The summed E-state index contributed by atoms with van der Waals surface area (Å²) in [7, 11) is 0. The quantitative estimate of drug-likeness (QED) is 0.250. The number of nitrogens with one attached hydrogen (secondary N) is 1. The molecule has 0 radical (unpaired) electrons. The van der Waals surface area contributed by atoms with E-state index in [0.29, 0.717) is 29.8 Å². The third kappa shape index (κ3) is 7.71. The van der Waals surface area contributed by atoms with Crippen LogP contribution >= 0.6 is 0 Å². The van der Waals surface area contributed by atoms with Crippen LogP contribution in [-0.4, -0.2) is 42.6 Å². The molecule has 4 atom stereocenters. The fraction of sp³-hybridized carbons (Fsp3) is 0.526. The second-order valence-electron chi connectivity index (χ2n) is 13.9. The van der Waals surface area contributed by atoms with Crippen LogP contribution < -0.4 is 14.8 Å². The van der Waals surface area contributed by atoms with Gasteiger partial charge in [0, 0.05) is 30.7 Å². The highest BCUT2D eigenvalue weighted by molar-refractivity contribution is 5.46. The van der Waals surface area contributed by atoms with Crippen molar-refractivity contribution in [2.24, 2.45) is 5.41 Å². The van der Waals surface area contributed by atoms with Crippen LogP contribution in [0.15, 0.2) is 60.7 Å². The first-order valence-corrected chi connectivity index (χ1v) is 16.9. The lowest BCUT2D eigenvalue weighted by Crippen LogP contribution is -2.48. The summed E-state index contributed by atoms with van der Waals surface area (Å²) < 4.78 is 73.5. The van der Waals surface area contributed by atoms with Gasteiger partial charge in [-0.05, 0) is 112 Å². The maximum Gasteiger partial charge on any atom is 0.257 e. The smallest absolute Gasteiger partial charge is 0.257 e. The number of hydrogen-bond acceptors (Lipinski definition) is 4. The van der Waals surface area contributed by atoms with Crippen LogP contribution in [-0.2, 0) is 13.0 Å². The van der Waals surface area contributed by atoms with Crippen molar-refractivity contribution < 1.29 is 27.0 Å². The molecule has 248 valence electrons. The number of rotatable bonds is 8. The normalized spacial score (nSPS) is 25.8. The summed E-state index contributed by atoms with van der Waals surface area (Å²) >= 11 is 0. The maximum absolute atomic E-state index is 16.1. The lowest BCUT2D eigenvalue weighted by molar-refractivity contribution is -0.0371. The molecule has 0 amide bonds. The highest BCUT2D eigenvalue weighted by Gasteiger charge is 2.41. The van der Waals surface area contributed by atoms with Crippen molar-refractivity contribution >= 4 is 0 Å². The highest BCUT2D eigenvalue weighted by Crippen LogP contribution is 2.45. The number of benzene rings is 3. The van der Waals surface area contributed by atoms with Crippen molar-refractivity contribution in [3.8, 4) is 11.5 Å². The van der Waals surface area contributed by atoms with Crippen LogP contribution in [0.3, 0.4) is 0 Å². The van der Waals surface area contributed by atoms with E-state index in [1.54, 1.807) is 12.1 Å². The van der Waals surface area contributed by atoms with Crippen LogP contribution in [0.2, 0.25) is 0 Å². The van der Waals surface area contributed by atoms with Crippen LogP contribution in [0.25, 0.3) is 0 Å². The summed E-state index contributed by atoms with van der Waals surface area (Å²) in [6.45, 7) is 4.52. The van der Waals surface area contributed by atoms with Gasteiger partial charge in [-0.25, -0.2) is 17.6 Å². The summed E-state index contributed by atoms with van der Waals surface area (Å²) in [4.78, 5) is 1.53. The molecule has 2 aliphatic heterocycles. The zero-order valence-electron chi connectivity index (χ0n) is 27.0. The minimum absolute atomic E-state index is 0.111. The van der Waals surface area contributed by atoms with Gasteiger partial charge >= 0.3 is 0 Å². The molecule has 1 N–H and O–H groups in total. The Labute approximate surface area is 270 Å². The fourth-order valence-corrected chi connectivity index (χ4v) is 7.95. The van der Waals surface area contributed by atoms with Crippen molar-refractivity contribution in [2.75, 3.05) is 19.6 Å². The standard InChI is InChI=1S/C38H46F4N2O2/c1-26-20-28-21-30(45-24-27-8-4-3-5-9-27)11-12-32(28)36(44(26)25-37(2,41)42)35-33(39)22-31(23-34(35)40)46-29-10-6-14-38(16-13-29)15-7-18-43-19-17-38/h3-5,8-9,11-12,21-23,26,29,36,43H,6-7,10,13-20,24-25H2,1-2H3/t26-,29?,36?,38?/m1/s1. The van der Waals surface area contributed by atoms with Crippen molar-refractivity contribution in [3.63, 3.8) is 0 Å². The number of nitrogens with zero attached hydrogens (tertiary/aromatic N) is 1. The summed E-state index contributed by atoms with van der Waals surface area (Å²) in [5.41, 5.74) is 2.55. The number of hydrogen-bond donors (Lipinski definition) is 1. The molecule has 3 unspecified atom stereocenters. The van der Waals surface area contributed by atoms with E-state index in [1.165, 1.54) is 29.9 Å². The monoisotopic (exact) mass is 638 g/mol. The maximum atomic E-state index is 16.1. The predicted molar refractivity (Wildman–Crippen MR) is 173 cm³/mol. The summed E-state index contributed by atoms with van der Waals surface area (Å²) in [5, 5.41) is 3.51. The van der Waals surface area contributed by atoms with Gasteiger partial charge in [-0.2, -0.15) is 0 Å². The summed E-state index contributed by atoms with van der Waals surface area (Å²) in [5.74, 6) is -3.84. The zero-order valence-corrected chi connectivity index (χ0v) is 27.0. The molecule has 4 nitrogen and oxygen atoms in total. The molecule has 1 aliphatic carbocycles. The average molecular weight is 639 g/mol. The summed E-state index contributed by atoms with van der Waals surface area (Å²) in [6, 6.07) is 16.2. The van der Waals surface area contributed by atoms with E-state index in [9.17, 15) is 8.78 Å². The van der Waals surface area contributed by atoms with E-state index in [0.717, 1.165) is 69.7 Å². The van der Waals surface area contributed by atoms with Crippen LogP contribution in [0.4, 0.5) is 17.6 Å². The molecule has 6 rings (SSSR count). The molecule has 46 heavy (non-hydrogen) atoms. The van der Waals surface area contributed by atoms with E-state index in [4.69, 9.17) is 9.47 Å². The Morgan fingerprint density at radius 1 is 0.891 bits per heavy atom. The van der Waals surface area contributed by atoms with E-state index in [1.807, 2.05) is 43.3 Å². The highest BCUT2D eigenvalue weighted by atomic mass is 19.3. The molecule has 1 spiro atoms. The third-order valence-electron chi connectivity index (χ3n) is 10.3. The first-order valence-electron chi connectivity index (χ1n) is 16.9. The van der Waals surface area contributed by atoms with Crippen molar-refractivity contribution in [3.05, 3.63) is 94.6 Å². The minimum Gasteiger partial charge on any atom is -0.490 e. The molecule has 2 fully saturated rings. The van der Waals surface area contributed by atoms with Crippen molar-refractivity contribution in [1.29, 1.82) is 0 Å². The van der Waals surface area contributed by atoms with Gasteiger partial charge in [-0.15, -0.1) is 0 Å². The lowest BCUT2D eigenvalue weighted by Gasteiger charge is -2.43. The van der Waals surface area contributed by atoms with Gasteiger partial charge in [0.2, 0.25) is 0 Å². The molecule has 2 heterocycles. The predicted octanol–water partition coefficient (Wildman–Crippen LogP) is 9.01. The Hall–Kier alpha value is -3.10. The molecular formula is C38H46F4N2O2. The largest absolute Gasteiger partial charge is 0.490 e. The van der Waals surface area contributed by atoms with Gasteiger partial charge in [0.25, 0.3) is 5.92 Å². The molecule has 1 saturated carbocycles. The number of alkyl halides is 2. The Kier molecular flexibility index (Phi) is 9.95. The second-order valence-corrected chi connectivity index (χ2v) is 13.9. The average Bonchev–Trinajstić information content (AvgIpc) is 3.37. The SMILES string of the molecule is C[C@@H]1Cc2cc(OCc3ccccc3)ccc2C(c2c(F)cc(OC3CCCC4(CCCNCC4)CC3)cc2F)N1CC(C)(F)F. The number of ether oxygens (including phenoxy) is 2. The van der Waals surface area contributed by atoms with E-state index in [2.05, 4.69) is 5.32 Å². The van der Waals surface area contributed by atoms with Crippen LogP contribution in [0.5, 0.6) is 11.5 Å². The van der Waals surface area contributed by atoms with Crippen molar-refractivity contribution in [2.45, 2.75) is 102 Å². The number of halogens is 4. The third-order valence-corrected chi connectivity index (χ3v) is 10.3. The van der Waals surface area contributed by atoms with Gasteiger partial charge in [-0.3, -0.25) is 4.90 Å². The molecule has 1 saturated heterocycles. The molecular weight excluding hydrogens is 592 g/mol. The lowest BCUT2D eigenvalue weighted by atomic mass is 9.74. The molecule has 3 aromatic rings. The molecule has 3 aromatic carbocycles. The second kappa shape index (κ2) is 13.9. The van der Waals surface area contributed by atoms with Gasteiger partial charge in [0.15, 0.2) is 0 Å². The first kappa shape index (κ1) is 32.8. The first-order chi connectivity index (χ1) is 22.1. The van der Waals surface area contributed by atoms with E-state index < -0.39 is 30.1 Å². The van der Waals surface area contributed by atoms with E-state index in [-0.39, 0.29) is 23.5 Å². The minimum atomic E-state index is -3.05. The molecule has 3 aliphatic rings. The van der Waals surface area contributed by atoms with Crippen LogP contribution in [0.1, 0.15) is 93.5 Å². The van der Waals surface area contributed by atoms with Gasteiger partial charge in [0.05, 0.1) is 18.7 Å². The summed E-state index contributed by atoms with van der Waals surface area (Å²) in [6.07, 6.45) is 8.83. The Balaban J connectivity index is 1.25. The molecule has 0 bridgehead atoms. The van der Waals surface area contributed by atoms with E-state index >= 15 is 8.78 Å². The molecule has 0 aromatic heterocycles. The Bertz CT molecular complexity index is 1450. The Morgan fingerprint density at radius 2 is 1.65 bits per heavy atom. The fourth-order valence-electron chi connectivity index (χ4n) is 7.95. The van der Waals surface area contributed by atoms with Crippen LogP contribution in [0, 0.1) is 17.0 Å². The van der Waals surface area contributed by atoms with Gasteiger partial charge < -0.3 is 14.8 Å². The van der Waals surface area contributed by atoms with Crippen molar-refractivity contribution in [1.82, 2.24) is 10.2 Å². The zero-order chi connectivity index (χ0) is 32.3. The van der Waals surface area contributed by atoms with Gasteiger partial charge in [0.1, 0.15) is 29.7 Å². The Morgan fingerprint density at radius 3 is 2.41 bits per heavy atom. The van der Waals surface area contributed by atoms with Gasteiger partial charge in [-0.1, -0.05) is 36.4 Å².